The van der Waals surface area contributed by atoms with Crippen LogP contribution in [0.1, 0.15) is 66.0 Å². The van der Waals surface area contributed by atoms with Crippen molar-refractivity contribution >= 4 is 23.2 Å². The lowest BCUT2D eigenvalue weighted by atomic mass is 9.78. The van der Waals surface area contributed by atoms with E-state index in [4.69, 9.17) is 16.6 Å². The summed E-state index contributed by atoms with van der Waals surface area (Å²) in [5.41, 5.74) is 5.30. The average molecular weight is 425 g/mol. The number of fused-ring (bicyclic) bond motifs is 1. The molecule has 4 rings (SSSR count). The topological polar surface area (TPSA) is 59.3 Å². The monoisotopic (exact) mass is 424 g/mol. The van der Waals surface area contributed by atoms with Crippen molar-refractivity contribution in [1.29, 1.82) is 0 Å². The lowest BCUT2D eigenvalue weighted by Gasteiger charge is -2.34. The molecule has 30 heavy (non-hydrogen) atoms. The molecule has 1 N–H and O–H groups in total. The summed E-state index contributed by atoms with van der Waals surface area (Å²) in [5.74, 6) is 1.03. The Hall–Kier alpha value is -2.40. The molecule has 1 fully saturated rings. The van der Waals surface area contributed by atoms with Gasteiger partial charge in [0.25, 0.3) is 5.91 Å². The summed E-state index contributed by atoms with van der Waals surface area (Å²) in [6.45, 7) is 8.53. The highest BCUT2D eigenvalue weighted by molar-refractivity contribution is 6.30. The molecule has 2 aromatic heterocycles. The van der Waals surface area contributed by atoms with E-state index in [2.05, 4.69) is 30.3 Å². The zero-order valence-electron chi connectivity index (χ0n) is 18.1. The van der Waals surface area contributed by atoms with Gasteiger partial charge in [0, 0.05) is 28.9 Å². The van der Waals surface area contributed by atoms with Crippen molar-refractivity contribution in [3.63, 3.8) is 0 Å². The highest BCUT2D eigenvalue weighted by atomic mass is 35.5. The van der Waals surface area contributed by atoms with Crippen LogP contribution in [0.4, 0.5) is 0 Å². The summed E-state index contributed by atoms with van der Waals surface area (Å²) >= 11 is 6.15. The molecule has 1 aromatic carbocycles. The van der Waals surface area contributed by atoms with Crippen molar-refractivity contribution in [3.8, 4) is 0 Å². The van der Waals surface area contributed by atoms with Crippen molar-refractivity contribution in [2.45, 2.75) is 59.4 Å². The quantitative estimate of drug-likeness (QED) is 0.630. The molecule has 5 nitrogen and oxygen atoms in total. The Labute approximate surface area is 182 Å². The normalized spacial score (nSPS) is 21.7. The maximum atomic E-state index is 13.1. The molecule has 0 saturated heterocycles. The molecule has 0 aliphatic heterocycles. The predicted molar refractivity (Wildman–Crippen MR) is 120 cm³/mol. The van der Waals surface area contributed by atoms with Gasteiger partial charge in [-0.15, -0.1) is 0 Å². The highest BCUT2D eigenvalue weighted by Crippen LogP contribution is 2.30. The minimum atomic E-state index is -0.0789. The number of carbonyl (C=O) groups is 1. The number of nitrogens with zero attached hydrogens (tertiary/aromatic N) is 3. The van der Waals surface area contributed by atoms with Gasteiger partial charge in [-0.2, -0.15) is 5.10 Å². The van der Waals surface area contributed by atoms with Crippen LogP contribution in [0.5, 0.6) is 0 Å². The van der Waals surface area contributed by atoms with Crippen molar-refractivity contribution in [3.05, 3.63) is 63.6 Å². The molecule has 158 valence electrons. The summed E-state index contributed by atoms with van der Waals surface area (Å²) in [7, 11) is 0. The molecule has 1 aliphatic carbocycles. The third-order valence-electron chi connectivity index (χ3n) is 6.75. The molecule has 2 heterocycles. The lowest BCUT2D eigenvalue weighted by molar-refractivity contribution is 0.0892. The van der Waals surface area contributed by atoms with Gasteiger partial charge < -0.3 is 5.32 Å². The number of benzene rings is 1. The van der Waals surface area contributed by atoms with E-state index in [-0.39, 0.29) is 11.9 Å². The van der Waals surface area contributed by atoms with Crippen LogP contribution in [0.3, 0.4) is 0 Å². The number of hydrogen-bond acceptors (Lipinski definition) is 3. The van der Waals surface area contributed by atoms with Gasteiger partial charge in [0.1, 0.15) is 5.56 Å². The largest absolute Gasteiger partial charge is 0.349 e. The van der Waals surface area contributed by atoms with E-state index >= 15 is 0 Å². The summed E-state index contributed by atoms with van der Waals surface area (Å²) in [6.07, 6.45) is 5.80. The van der Waals surface area contributed by atoms with Crippen molar-refractivity contribution in [1.82, 2.24) is 19.9 Å². The number of aromatic nitrogens is 3. The number of hydrogen-bond donors (Lipinski definition) is 1. The molecular weight excluding hydrogens is 396 g/mol. The first-order valence-electron chi connectivity index (χ1n) is 10.7. The molecular formula is C24H29ClN4O. The van der Waals surface area contributed by atoms with Crippen LogP contribution in [0.15, 0.2) is 30.5 Å². The van der Waals surface area contributed by atoms with Gasteiger partial charge in [0.05, 0.1) is 6.20 Å². The van der Waals surface area contributed by atoms with E-state index in [1.807, 2.05) is 32.0 Å². The Morgan fingerprint density at radius 1 is 1.27 bits per heavy atom. The fraction of sp³-hybridized carbons (Fsp3) is 0.458. The minimum Gasteiger partial charge on any atom is -0.349 e. The Morgan fingerprint density at radius 3 is 2.83 bits per heavy atom. The zero-order valence-corrected chi connectivity index (χ0v) is 18.8. The fourth-order valence-corrected chi connectivity index (χ4v) is 4.82. The van der Waals surface area contributed by atoms with E-state index in [0.717, 1.165) is 46.8 Å². The standard InChI is InChI=1S/C24H29ClN4O/c1-14-7-5-10-22(15(14)2)28-24(30)21-13-26-29-17(4)20(16(3)27-23(21)29)12-18-8-6-9-19(25)11-18/h6,8-9,11,13-15,22H,5,7,10,12H2,1-4H3,(H,28,30). The SMILES string of the molecule is Cc1nc2c(C(=O)NC3CCCC(C)C3C)cnn2c(C)c1Cc1cccc(Cl)c1. The first-order chi connectivity index (χ1) is 14.3. The van der Waals surface area contributed by atoms with Crippen molar-refractivity contribution in [2.75, 3.05) is 0 Å². The summed E-state index contributed by atoms with van der Waals surface area (Å²) in [5, 5.41) is 8.46. The molecule has 0 bridgehead atoms. The van der Waals surface area contributed by atoms with E-state index in [1.165, 1.54) is 6.42 Å². The second-order valence-electron chi connectivity index (χ2n) is 8.71. The van der Waals surface area contributed by atoms with Crippen LogP contribution in [-0.2, 0) is 6.42 Å². The maximum absolute atomic E-state index is 13.1. The van der Waals surface area contributed by atoms with Gasteiger partial charge in [-0.1, -0.05) is 50.4 Å². The molecule has 3 unspecified atom stereocenters. The maximum Gasteiger partial charge on any atom is 0.256 e. The first-order valence-corrected chi connectivity index (χ1v) is 11.1. The third-order valence-corrected chi connectivity index (χ3v) is 6.98. The average Bonchev–Trinajstić information content (AvgIpc) is 3.13. The van der Waals surface area contributed by atoms with Gasteiger partial charge in [-0.05, 0) is 55.4 Å². The van der Waals surface area contributed by atoms with Crippen molar-refractivity contribution < 1.29 is 4.79 Å². The third kappa shape index (κ3) is 3.95. The minimum absolute atomic E-state index is 0.0789. The van der Waals surface area contributed by atoms with Gasteiger partial charge in [0.2, 0.25) is 0 Å². The van der Waals surface area contributed by atoms with Crippen LogP contribution in [0.25, 0.3) is 5.65 Å². The zero-order chi connectivity index (χ0) is 21.4. The van der Waals surface area contributed by atoms with Crippen LogP contribution in [0.2, 0.25) is 5.02 Å². The van der Waals surface area contributed by atoms with E-state index in [0.29, 0.717) is 23.0 Å². The number of aryl methyl sites for hydroxylation is 2. The number of nitrogens with one attached hydrogen (secondary N) is 1. The number of halogens is 1. The summed E-state index contributed by atoms with van der Waals surface area (Å²) in [6, 6.07) is 8.07. The molecule has 1 saturated carbocycles. The smallest absolute Gasteiger partial charge is 0.256 e. The van der Waals surface area contributed by atoms with Crippen molar-refractivity contribution in [2.24, 2.45) is 11.8 Å². The fourth-order valence-electron chi connectivity index (χ4n) is 4.61. The molecule has 6 heteroatoms. The molecule has 0 spiro atoms. The number of rotatable bonds is 4. The van der Waals surface area contributed by atoms with Crippen LogP contribution < -0.4 is 5.32 Å². The summed E-state index contributed by atoms with van der Waals surface area (Å²) in [4.78, 5) is 17.8. The predicted octanol–water partition coefficient (Wildman–Crippen LogP) is 5.14. The second-order valence-corrected chi connectivity index (χ2v) is 9.15. The molecule has 3 atom stereocenters. The van der Waals surface area contributed by atoms with Crippen LogP contribution in [0, 0.1) is 25.7 Å². The van der Waals surface area contributed by atoms with Crippen LogP contribution >= 0.6 is 11.6 Å². The Bertz CT molecular complexity index is 1090. The summed E-state index contributed by atoms with van der Waals surface area (Å²) < 4.78 is 1.79. The molecule has 0 radical (unpaired) electrons. The van der Waals surface area contributed by atoms with Gasteiger partial charge >= 0.3 is 0 Å². The van der Waals surface area contributed by atoms with Gasteiger partial charge in [-0.3, -0.25) is 4.79 Å². The molecule has 3 aromatic rings. The Balaban J connectivity index is 1.63. The highest BCUT2D eigenvalue weighted by Gasteiger charge is 2.29. The molecule has 1 aliphatic rings. The van der Waals surface area contributed by atoms with E-state index < -0.39 is 0 Å². The van der Waals surface area contributed by atoms with Gasteiger partial charge in [0.15, 0.2) is 5.65 Å². The number of carbonyl (C=O) groups excluding carboxylic acids is 1. The van der Waals surface area contributed by atoms with E-state index in [9.17, 15) is 4.79 Å². The Kier molecular flexibility index (Phi) is 5.83. The number of amides is 1. The van der Waals surface area contributed by atoms with E-state index in [1.54, 1.807) is 10.7 Å². The van der Waals surface area contributed by atoms with Crippen LogP contribution in [-0.4, -0.2) is 26.5 Å². The lowest BCUT2D eigenvalue weighted by Crippen LogP contribution is -2.43. The second kappa shape index (κ2) is 8.38. The van der Waals surface area contributed by atoms with Gasteiger partial charge in [-0.25, -0.2) is 9.50 Å². The first kappa shape index (κ1) is 20.9. The Morgan fingerprint density at radius 2 is 2.07 bits per heavy atom. The molecule has 1 amide bonds.